The molecule has 1 aliphatic carbocycles. The lowest BCUT2D eigenvalue weighted by Crippen LogP contribution is -2.17. The van der Waals surface area contributed by atoms with Crippen molar-refractivity contribution >= 4 is 17.2 Å². The Labute approximate surface area is 118 Å². The SMILES string of the molecule is CC(=O)c1ccc(NCC2CCCCC2)c([N+](=O)[O-])c1. The number of carbonyl (C=O) groups excluding carboxylic acids is 1. The summed E-state index contributed by atoms with van der Waals surface area (Å²) in [5.74, 6) is 0.433. The summed E-state index contributed by atoms with van der Waals surface area (Å²) in [5, 5.41) is 14.3. The number of nitrogens with one attached hydrogen (secondary N) is 1. The van der Waals surface area contributed by atoms with E-state index in [4.69, 9.17) is 0 Å². The number of rotatable bonds is 5. The van der Waals surface area contributed by atoms with Crippen molar-refractivity contribution in [2.75, 3.05) is 11.9 Å². The number of hydrogen-bond donors (Lipinski definition) is 1. The van der Waals surface area contributed by atoms with E-state index in [0.29, 0.717) is 17.2 Å². The van der Waals surface area contributed by atoms with Gasteiger partial charge in [0.1, 0.15) is 5.69 Å². The molecule has 2 rings (SSSR count). The van der Waals surface area contributed by atoms with Crippen molar-refractivity contribution in [1.82, 2.24) is 0 Å². The fraction of sp³-hybridized carbons (Fsp3) is 0.533. The average Bonchev–Trinajstić information content (AvgIpc) is 2.45. The first kappa shape index (κ1) is 14.5. The quantitative estimate of drug-likeness (QED) is 0.504. The normalized spacial score (nSPS) is 15.8. The number of anilines is 1. The first-order valence-corrected chi connectivity index (χ1v) is 7.11. The van der Waals surface area contributed by atoms with Gasteiger partial charge in [-0.25, -0.2) is 0 Å². The van der Waals surface area contributed by atoms with Gasteiger partial charge in [-0.3, -0.25) is 14.9 Å². The zero-order valence-corrected chi connectivity index (χ0v) is 11.7. The van der Waals surface area contributed by atoms with Gasteiger partial charge >= 0.3 is 0 Å². The first-order chi connectivity index (χ1) is 9.58. The Hall–Kier alpha value is -1.91. The van der Waals surface area contributed by atoms with E-state index in [0.717, 1.165) is 6.54 Å². The molecule has 1 saturated carbocycles. The summed E-state index contributed by atoms with van der Waals surface area (Å²) in [5.41, 5.74) is 0.860. The van der Waals surface area contributed by atoms with E-state index in [1.807, 2.05) is 0 Å². The summed E-state index contributed by atoms with van der Waals surface area (Å²) < 4.78 is 0. The number of ketones is 1. The molecule has 0 amide bonds. The Morgan fingerprint density at radius 1 is 1.35 bits per heavy atom. The van der Waals surface area contributed by atoms with E-state index in [1.54, 1.807) is 12.1 Å². The minimum atomic E-state index is -0.435. The van der Waals surface area contributed by atoms with E-state index >= 15 is 0 Å². The third-order valence-electron chi connectivity index (χ3n) is 3.91. The van der Waals surface area contributed by atoms with E-state index in [-0.39, 0.29) is 11.5 Å². The monoisotopic (exact) mass is 276 g/mol. The maximum absolute atomic E-state index is 11.3. The van der Waals surface area contributed by atoms with Crippen molar-refractivity contribution < 1.29 is 9.72 Å². The summed E-state index contributed by atoms with van der Waals surface area (Å²) in [6.07, 6.45) is 6.16. The van der Waals surface area contributed by atoms with Gasteiger partial charge in [-0.05, 0) is 37.8 Å². The number of Topliss-reactive ketones (excluding diaryl/α,β-unsaturated/α-hetero) is 1. The highest BCUT2D eigenvalue weighted by Gasteiger charge is 2.18. The molecule has 0 radical (unpaired) electrons. The van der Waals surface area contributed by atoms with Crippen molar-refractivity contribution in [3.05, 3.63) is 33.9 Å². The van der Waals surface area contributed by atoms with Crippen LogP contribution in [0.25, 0.3) is 0 Å². The van der Waals surface area contributed by atoms with Crippen LogP contribution >= 0.6 is 0 Å². The summed E-state index contributed by atoms with van der Waals surface area (Å²) in [6.45, 7) is 2.18. The van der Waals surface area contributed by atoms with E-state index in [2.05, 4.69) is 5.32 Å². The van der Waals surface area contributed by atoms with Crippen LogP contribution in [0.3, 0.4) is 0 Å². The lowest BCUT2D eigenvalue weighted by atomic mass is 9.89. The third-order valence-corrected chi connectivity index (χ3v) is 3.91. The topological polar surface area (TPSA) is 72.2 Å². The molecule has 0 spiro atoms. The summed E-state index contributed by atoms with van der Waals surface area (Å²) in [6, 6.07) is 4.63. The van der Waals surface area contributed by atoms with Crippen LogP contribution in [0.5, 0.6) is 0 Å². The van der Waals surface area contributed by atoms with Gasteiger partial charge in [0.15, 0.2) is 5.78 Å². The number of carbonyl (C=O) groups is 1. The van der Waals surface area contributed by atoms with Gasteiger partial charge in [0.2, 0.25) is 0 Å². The fourth-order valence-electron chi connectivity index (χ4n) is 2.70. The van der Waals surface area contributed by atoms with Crippen molar-refractivity contribution in [3.63, 3.8) is 0 Å². The molecule has 5 nitrogen and oxygen atoms in total. The molecule has 1 N–H and O–H groups in total. The Morgan fingerprint density at radius 2 is 2.05 bits per heavy atom. The highest BCUT2D eigenvalue weighted by molar-refractivity contribution is 5.95. The van der Waals surface area contributed by atoms with Crippen LogP contribution in [0.15, 0.2) is 18.2 Å². The minimum absolute atomic E-state index is 0.0199. The largest absolute Gasteiger partial charge is 0.379 e. The fourth-order valence-corrected chi connectivity index (χ4v) is 2.70. The molecule has 0 unspecified atom stereocenters. The van der Waals surface area contributed by atoms with Crippen molar-refractivity contribution in [1.29, 1.82) is 0 Å². The van der Waals surface area contributed by atoms with E-state index in [9.17, 15) is 14.9 Å². The molecule has 108 valence electrons. The zero-order valence-electron chi connectivity index (χ0n) is 11.7. The van der Waals surface area contributed by atoms with E-state index < -0.39 is 4.92 Å². The molecular formula is C15H20N2O3. The maximum Gasteiger partial charge on any atom is 0.293 e. The molecule has 1 aromatic rings. The highest BCUT2D eigenvalue weighted by Crippen LogP contribution is 2.28. The number of benzene rings is 1. The van der Waals surface area contributed by atoms with Crippen LogP contribution < -0.4 is 5.32 Å². The van der Waals surface area contributed by atoms with Gasteiger partial charge < -0.3 is 5.32 Å². The van der Waals surface area contributed by atoms with Gasteiger partial charge in [-0.2, -0.15) is 0 Å². The number of nitro benzene ring substituents is 1. The second kappa shape index (κ2) is 6.50. The molecular weight excluding hydrogens is 256 g/mol. The van der Waals surface area contributed by atoms with Gasteiger partial charge in [-0.15, -0.1) is 0 Å². The Bertz CT molecular complexity index is 508. The molecule has 5 heteroatoms. The molecule has 1 aliphatic rings. The van der Waals surface area contributed by atoms with Crippen LogP contribution in [0, 0.1) is 16.0 Å². The molecule has 1 fully saturated rings. The lowest BCUT2D eigenvalue weighted by Gasteiger charge is -2.22. The van der Waals surface area contributed by atoms with Crippen molar-refractivity contribution in [2.45, 2.75) is 39.0 Å². The summed E-state index contributed by atoms with van der Waals surface area (Å²) in [4.78, 5) is 22.0. The van der Waals surface area contributed by atoms with Gasteiger partial charge in [0, 0.05) is 18.2 Å². The maximum atomic E-state index is 11.3. The van der Waals surface area contributed by atoms with Gasteiger partial charge in [0.25, 0.3) is 5.69 Å². The predicted octanol–water partition coefficient (Wildman–Crippen LogP) is 3.79. The number of hydrogen-bond acceptors (Lipinski definition) is 4. The van der Waals surface area contributed by atoms with Gasteiger partial charge in [-0.1, -0.05) is 19.3 Å². The number of nitro groups is 1. The molecule has 0 saturated heterocycles. The lowest BCUT2D eigenvalue weighted by molar-refractivity contribution is -0.384. The smallest absolute Gasteiger partial charge is 0.293 e. The zero-order chi connectivity index (χ0) is 14.5. The van der Waals surface area contributed by atoms with E-state index in [1.165, 1.54) is 45.1 Å². The van der Waals surface area contributed by atoms with Gasteiger partial charge in [0.05, 0.1) is 4.92 Å². The van der Waals surface area contributed by atoms with Crippen LogP contribution in [-0.4, -0.2) is 17.3 Å². The third kappa shape index (κ3) is 3.56. The van der Waals surface area contributed by atoms with Crippen LogP contribution in [-0.2, 0) is 0 Å². The van der Waals surface area contributed by atoms with Crippen molar-refractivity contribution in [3.8, 4) is 0 Å². The summed E-state index contributed by atoms with van der Waals surface area (Å²) in [7, 11) is 0. The molecule has 0 aromatic heterocycles. The van der Waals surface area contributed by atoms with Crippen molar-refractivity contribution in [2.24, 2.45) is 5.92 Å². The molecule has 0 heterocycles. The van der Waals surface area contributed by atoms with Crippen LogP contribution in [0.2, 0.25) is 0 Å². The van der Waals surface area contributed by atoms with Crippen LogP contribution in [0.1, 0.15) is 49.4 Å². The standard InChI is InChI=1S/C15H20N2O3/c1-11(18)13-7-8-14(15(9-13)17(19)20)16-10-12-5-3-2-4-6-12/h7-9,12,16H,2-6,10H2,1H3. The second-order valence-electron chi connectivity index (χ2n) is 5.43. The molecule has 20 heavy (non-hydrogen) atoms. The predicted molar refractivity (Wildman–Crippen MR) is 78.2 cm³/mol. The Morgan fingerprint density at radius 3 is 2.65 bits per heavy atom. The molecule has 1 aromatic carbocycles. The summed E-state index contributed by atoms with van der Waals surface area (Å²) >= 11 is 0. The Balaban J connectivity index is 2.09. The molecule has 0 aliphatic heterocycles. The Kier molecular flexibility index (Phi) is 4.71. The van der Waals surface area contributed by atoms with Crippen LogP contribution in [0.4, 0.5) is 11.4 Å². The number of nitrogens with zero attached hydrogens (tertiary/aromatic N) is 1. The first-order valence-electron chi connectivity index (χ1n) is 7.11. The highest BCUT2D eigenvalue weighted by atomic mass is 16.6. The average molecular weight is 276 g/mol. The molecule has 0 bridgehead atoms. The second-order valence-corrected chi connectivity index (χ2v) is 5.43. The molecule has 0 atom stereocenters. The minimum Gasteiger partial charge on any atom is -0.379 e.